The molecule has 0 aliphatic rings. The monoisotopic (exact) mass is 454 g/mol. The predicted molar refractivity (Wildman–Crippen MR) is 123 cm³/mol. The van der Waals surface area contributed by atoms with Crippen molar-refractivity contribution in [1.29, 1.82) is 0 Å². The molecule has 0 aliphatic heterocycles. The van der Waals surface area contributed by atoms with Gasteiger partial charge in [0.1, 0.15) is 5.75 Å². The van der Waals surface area contributed by atoms with Gasteiger partial charge in [-0.15, -0.1) is 10.2 Å². The van der Waals surface area contributed by atoms with Gasteiger partial charge in [-0.2, -0.15) is 0 Å². The Hall–Kier alpha value is -3.33. The number of ether oxygens (including phenoxy) is 1. The molecule has 3 aromatic rings. The molecule has 0 radical (unpaired) electrons. The Bertz CT molecular complexity index is 1080. The van der Waals surface area contributed by atoms with Crippen LogP contribution in [0.25, 0.3) is 0 Å². The standard InChI is InChI=1S/C23H26N4O4S/c1-15-6-9-18(10-7-15)24-20(28)12-27(4)22(29)14-32-23-26-25-21(31-23)13-30-19-11-16(2)5-8-17(19)3/h5-11H,12-14H2,1-4H3,(H,24,28). The van der Waals surface area contributed by atoms with Gasteiger partial charge in [-0.25, -0.2) is 0 Å². The van der Waals surface area contributed by atoms with Crippen molar-refractivity contribution in [2.75, 3.05) is 24.7 Å². The van der Waals surface area contributed by atoms with Crippen LogP contribution in [0.5, 0.6) is 5.75 Å². The van der Waals surface area contributed by atoms with Gasteiger partial charge in [0, 0.05) is 12.7 Å². The molecule has 1 heterocycles. The van der Waals surface area contributed by atoms with Crippen LogP contribution < -0.4 is 10.1 Å². The highest BCUT2D eigenvalue weighted by molar-refractivity contribution is 7.99. The molecule has 9 heteroatoms. The van der Waals surface area contributed by atoms with E-state index in [0.29, 0.717) is 11.6 Å². The number of anilines is 1. The Balaban J connectivity index is 1.43. The van der Waals surface area contributed by atoms with Gasteiger partial charge in [0.05, 0.1) is 12.3 Å². The summed E-state index contributed by atoms with van der Waals surface area (Å²) in [6, 6.07) is 13.4. The van der Waals surface area contributed by atoms with E-state index in [9.17, 15) is 9.59 Å². The lowest BCUT2D eigenvalue weighted by atomic mass is 10.1. The van der Waals surface area contributed by atoms with Crippen molar-refractivity contribution in [2.45, 2.75) is 32.6 Å². The molecule has 0 fully saturated rings. The van der Waals surface area contributed by atoms with E-state index in [4.69, 9.17) is 9.15 Å². The Morgan fingerprint density at radius 2 is 1.78 bits per heavy atom. The second-order valence-electron chi connectivity index (χ2n) is 7.47. The molecule has 2 aromatic carbocycles. The van der Waals surface area contributed by atoms with Crippen molar-refractivity contribution in [1.82, 2.24) is 15.1 Å². The maximum atomic E-state index is 12.3. The Labute approximate surface area is 191 Å². The number of carbonyl (C=O) groups excluding carboxylic acids is 2. The minimum Gasteiger partial charge on any atom is -0.484 e. The Morgan fingerprint density at radius 3 is 2.53 bits per heavy atom. The van der Waals surface area contributed by atoms with E-state index < -0.39 is 0 Å². The van der Waals surface area contributed by atoms with Crippen molar-refractivity contribution in [3.63, 3.8) is 0 Å². The summed E-state index contributed by atoms with van der Waals surface area (Å²) < 4.78 is 11.3. The molecule has 2 amide bonds. The van der Waals surface area contributed by atoms with E-state index in [-0.39, 0.29) is 35.9 Å². The molecule has 32 heavy (non-hydrogen) atoms. The number of thioether (sulfide) groups is 1. The third-order valence-electron chi connectivity index (χ3n) is 4.60. The van der Waals surface area contributed by atoms with Crippen molar-refractivity contribution < 1.29 is 18.7 Å². The first-order valence-electron chi connectivity index (χ1n) is 10.1. The van der Waals surface area contributed by atoms with Crippen LogP contribution in [0.1, 0.15) is 22.6 Å². The molecule has 0 saturated heterocycles. The maximum absolute atomic E-state index is 12.3. The smallest absolute Gasteiger partial charge is 0.277 e. The van der Waals surface area contributed by atoms with E-state index in [2.05, 4.69) is 15.5 Å². The molecule has 168 valence electrons. The average molecular weight is 455 g/mol. The molecular weight excluding hydrogens is 428 g/mol. The highest BCUT2D eigenvalue weighted by Crippen LogP contribution is 2.21. The van der Waals surface area contributed by atoms with Gasteiger partial charge in [-0.05, 0) is 50.1 Å². The fourth-order valence-corrected chi connectivity index (χ4v) is 3.45. The van der Waals surface area contributed by atoms with Gasteiger partial charge in [-0.3, -0.25) is 9.59 Å². The van der Waals surface area contributed by atoms with Crippen LogP contribution in [0.3, 0.4) is 0 Å². The number of aryl methyl sites for hydroxylation is 3. The largest absolute Gasteiger partial charge is 0.484 e. The number of nitrogens with zero attached hydrogens (tertiary/aromatic N) is 3. The van der Waals surface area contributed by atoms with Crippen LogP contribution in [0.2, 0.25) is 0 Å². The number of rotatable bonds is 9. The van der Waals surface area contributed by atoms with Crippen LogP contribution >= 0.6 is 11.8 Å². The number of benzene rings is 2. The quantitative estimate of drug-likeness (QED) is 0.492. The number of amides is 2. The van der Waals surface area contributed by atoms with E-state index in [1.807, 2.05) is 63.2 Å². The summed E-state index contributed by atoms with van der Waals surface area (Å²) in [5.74, 6) is 0.678. The molecule has 1 N–H and O–H groups in total. The van der Waals surface area contributed by atoms with E-state index in [1.165, 1.54) is 4.90 Å². The van der Waals surface area contributed by atoms with Gasteiger partial charge < -0.3 is 19.4 Å². The maximum Gasteiger partial charge on any atom is 0.277 e. The number of likely N-dealkylation sites (N-methyl/N-ethyl adjacent to an activating group) is 1. The number of carbonyl (C=O) groups is 2. The molecular formula is C23H26N4O4S. The topological polar surface area (TPSA) is 97.6 Å². The first-order valence-corrected chi connectivity index (χ1v) is 11.0. The zero-order valence-corrected chi connectivity index (χ0v) is 19.4. The van der Waals surface area contributed by atoms with Gasteiger partial charge in [-0.1, -0.05) is 41.6 Å². The average Bonchev–Trinajstić information content (AvgIpc) is 3.22. The summed E-state index contributed by atoms with van der Waals surface area (Å²) in [5, 5.41) is 10.9. The lowest BCUT2D eigenvalue weighted by Gasteiger charge is -2.16. The third kappa shape index (κ3) is 6.84. The normalized spacial score (nSPS) is 10.6. The van der Waals surface area contributed by atoms with Crippen molar-refractivity contribution in [3.05, 3.63) is 65.0 Å². The summed E-state index contributed by atoms with van der Waals surface area (Å²) in [6.45, 7) is 6.03. The number of hydrogen-bond donors (Lipinski definition) is 1. The lowest BCUT2D eigenvalue weighted by Crippen LogP contribution is -2.35. The second-order valence-corrected chi connectivity index (χ2v) is 8.40. The highest BCUT2D eigenvalue weighted by atomic mass is 32.2. The SMILES string of the molecule is Cc1ccc(NC(=O)CN(C)C(=O)CSc2nnc(COc3cc(C)ccc3C)o2)cc1. The molecule has 0 atom stereocenters. The molecule has 3 rings (SSSR count). The predicted octanol–water partition coefficient (Wildman–Crippen LogP) is 3.76. The zero-order valence-electron chi connectivity index (χ0n) is 18.5. The molecule has 1 aromatic heterocycles. The Kier molecular flexibility index (Phi) is 7.88. The van der Waals surface area contributed by atoms with Crippen LogP contribution in [-0.4, -0.2) is 46.3 Å². The van der Waals surface area contributed by atoms with Gasteiger partial charge >= 0.3 is 0 Å². The molecule has 0 bridgehead atoms. The Morgan fingerprint density at radius 1 is 1.06 bits per heavy atom. The van der Waals surface area contributed by atoms with Crippen molar-refractivity contribution in [2.24, 2.45) is 0 Å². The van der Waals surface area contributed by atoms with E-state index in [0.717, 1.165) is 34.2 Å². The minimum absolute atomic E-state index is 0.0496. The number of nitrogens with one attached hydrogen (secondary N) is 1. The number of hydrogen-bond acceptors (Lipinski definition) is 7. The van der Waals surface area contributed by atoms with Crippen LogP contribution in [0.15, 0.2) is 52.1 Å². The minimum atomic E-state index is -0.265. The highest BCUT2D eigenvalue weighted by Gasteiger charge is 2.16. The molecule has 0 spiro atoms. The molecule has 0 aliphatic carbocycles. The van der Waals surface area contributed by atoms with Gasteiger partial charge in [0.15, 0.2) is 6.61 Å². The fourth-order valence-electron chi connectivity index (χ4n) is 2.73. The third-order valence-corrected chi connectivity index (χ3v) is 5.41. The molecule has 0 unspecified atom stereocenters. The van der Waals surface area contributed by atoms with E-state index >= 15 is 0 Å². The summed E-state index contributed by atoms with van der Waals surface area (Å²) in [4.78, 5) is 25.9. The van der Waals surface area contributed by atoms with Crippen molar-refractivity contribution in [3.8, 4) is 5.75 Å². The zero-order chi connectivity index (χ0) is 23.1. The first-order chi connectivity index (χ1) is 15.3. The van der Waals surface area contributed by atoms with Crippen LogP contribution in [-0.2, 0) is 16.2 Å². The molecule has 8 nitrogen and oxygen atoms in total. The van der Waals surface area contributed by atoms with Crippen LogP contribution in [0.4, 0.5) is 5.69 Å². The van der Waals surface area contributed by atoms with Crippen molar-refractivity contribution >= 4 is 29.3 Å². The summed E-state index contributed by atoms with van der Waals surface area (Å²) in [7, 11) is 1.58. The summed E-state index contributed by atoms with van der Waals surface area (Å²) in [5.41, 5.74) is 3.91. The summed E-state index contributed by atoms with van der Waals surface area (Å²) >= 11 is 1.12. The van der Waals surface area contributed by atoms with Gasteiger partial charge in [0.2, 0.25) is 11.8 Å². The lowest BCUT2D eigenvalue weighted by molar-refractivity contribution is -0.131. The summed E-state index contributed by atoms with van der Waals surface area (Å²) in [6.07, 6.45) is 0. The second kappa shape index (κ2) is 10.8. The molecule has 0 saturated carbocycles. The van der Waals surface area contributed by atoms with Gasteiger partial charge in [0.25, 0.3) is 11.1 Å². The first kappa shape index (κ1) is 23.3. The van der Waals surface area contributed by atoms with E-state index in [1.54, 1.807) is 7.05 Å². The fraction of sp³-hybridized carbons (Fsp3) is 0.304. The number of aromatic nitrogens is 2. The van der Waals surface area contributed by atoms with Crippen LogP contribution in [0, 0.1) is 20.8 Å².